The van der Waals surface area contributed by atoms with Crippen molar-refractivity contribution in [2.24, 2.45) is 0 Å². The van der Waals surface area contributed by atoms with Gasteiger partial charge in [-0.2, -0.15) is 4.31 Å². The highest BCUT2D eigenvalue weighted by atomic mass is 32.2. The van der Waals surface area contributed by atoms with Gasteiger partial charge in [0.1, 0.15) is 24.7 Å². The van der Waals surface area contributed by atoms with Gasteiger partial charge in [0.2, 0.25) is 10.0 Å². The van der Waals surface area contributed by atoms with Crippen LogP contribution in [0, 0.1) is 0 Å². The number of methoxy groups -OCH3 is 1. The van der Waals surface area contributed by atoms with Crippen molar-refractivity contribution in [1.82, 2.24) is 4.31 Å². The molecule has 0 saturated carbocycles. The Morgan fingerprint density at radius 2 is 1.64 bits per heavy atom. The van der Waals surface area contributed by atoms with Crippen LogP contribution in [0.3, 0.4) is 0 Å². The van der Waals surface area contributed by atoms with Crippen molar-refractivity contribution in [1.29, 1.82) is 0 Å². The highest BCUT2D eigenvalue weighted by Crippen LogP contribution is 2.16. The number of piperazine rings is 1. The van der Waals surface area contributed by atoms with Crippen LogP contribution in [0.25, 0.3) is 6.08 Å². The van der Waals surface area contributed by atoms with Crippen molar-refractivity contribution in [3.63, 3.8) is 0 Å². The first kappa shape index (κ1) is 20.4. The lowest BCUT2D eigenvalue weighted by atomic mass is 10.2. The van der Waals surface area contributed by atoms with Gasteiger partial charge in [-0.25, -0.2) is 8.42 Å². The molecule has 2 aromatic rings. The van der Waals surface area contributed by atoms with Crippen molar-refractivity contribution in [3.05, 3.63) is 65.6 Å². The maximum Gasteiger partial charge on any atom is 0.236 e. The molecular formula is C21H27N2O4S+. The molecule has 150 valence electrons. The zero-order valence-corrected chi connectivity index (χ0v) is 16.9. The molecule has 0 unspecified atom stereocenters. The van der Waals surface area contributed by atoms with E-state index in [2.05, 4.69) is 0 Å². The van der Waals surface area contributed by atoms with E-state index in [-0.39, 0.29) is 0 Å². The lowest BCUT2D eigenvalue weighted by Crippen LogP contribution is -3.15. The summed E-state index contributed by atoms with van der Waals surface area (Å²) in [4.78, 5) is 1.35. The van der Waals surface area contributed by atoms with Gasteiger partial charge in [-0.05, 0) is 35.9 Å². The zero-order chi connectivity index (χ0) is 19.8. The molecule has 6 nitrogen and oxygen atoms in total. The summed E-state index contributed by atoms with van der Waals surface area (Å²) in [7, 11) is -1.74. The number of quaternary nitrogens is 1. The molecule has 0 spiro atoms. The van der Waals surface area contributed by atoms with Gasteiger partial charge in [0, 0.05) is 5.41 Å². The minimum absolute atomic E-state index is 0.527. The molecular weight excluding hydrogens is 376 g/mol. The number of ether oxygens (including phenoxy) is 2. The van der Waals surface area contributed by atoms with Crippen molar-refractivity contribution < 1.29 is 22.8 Å². The lowest BCUT2D eigenvalue weighted by Gasteiger charge is -2.30. The topological polar surface area (TPSA) is 60.3 Å². The largest absolute Gasteiger partial charge is 0.497 e. The summed E-state index contributed by atoms with van der Waals surface area (Å²) in [6.07, 6.45) is 1.65. The number of nitrogens with one attached hydrogen (secondary N) is 1. The van der Waals surface area contributed by atoms with Gasteiger partial charge in [0.25, 0.3) is 0 Å². The van der Waals surface area contributed by atoms with E-state index >= 15 is 0 Å². The second kappa shape index (κ2) is 9.73. The van der Waals surface area contributed by atoms with Crippen LogP contribution in [0.5, 0.6) is 11.5 Å². The molecule has 3 rings (SSSR count). The summed E-state index contributed by atoms with van der Waals surface area (Å²) in [6.45, 7) is 4.06. The van der Waals surface area contributed by atoms with Gasteiger partial charge < -0.3 is 14.4 Å². The fraction of sp³-hybridized carbons (Fsp3) is 0.333. The SMILES string of the molecule is COc1ccc(OCC[NH+]2CCN(S(=O)(=O)/C=C/c3ccccc3)CC2)cc1. The van der Waals surface area contributed by atoms with Gasteiger partial charge in [-0.1, -0.05) is 30.3 Å². The number of sulfonamides is 1. The summed E-state index contributed by atoms with van der Waals surface area (Å²) in [5.41, 5.74) is 0.881. The summed E-state index contributed by atoms with van der Waals surface area (Å²) in [6, 6.07) is 17.0. The molecule has 0 aliphatic carbocycles. The normalized spacial score (nSPS) is 16.3. The van der Waals surface area contributed by atoms with Gasteiger partial charge in [-0.15, -0.1) is 0 Å². The first-order chi connectivity index (χ1) is 13.6. The van der Waals surface area contributed by atoms with E-state index in [4.69, 9.17) is 9.47 Å². The molecule has 1 fully saturated rings. The van der Waals surface area contributed by atoms with E-state index in [9.17, 15) is 8.42 Å². The van der Waals surface area contributed by atoms with E-state index in [0.29, 0.717) is 19.7 Å². The first-order valence-electron chi connectivity index (χ1n) is 9.40. The fourth-order valence-corrected chi connectivity index (χ4v) is 4.30. The van der Waals surface area contributed by atoms with Crippen LogP contribution in [0.4, 0.5) is 0 Å². The maximum atomic E-state index is 12.5. The number of nitrogens with zero attached hydrogens (tertiary/aromatic N) is 1. The Bertz CT molecular complexity index is 859. The predicted molar refractivity (Wildman–Crippen MR) is 110 cm³/mol. The van der Waals surface area contributed by atoms with Gasteiger partial charge in [0.05, 0.1) is 33.3 Å². The van der Waals surface area contributed by atoms with Gasteiger partial charge in [0.15, 0.2) is 0 Å². The summed E-state index contributed by atoms with van der Waals surface area (Å²) in [5, 5.41) is 1.31. The minimum atomic E-state index is -3.38. The highest BCUT2D eigenvalue weighted by molar-refractivity contribution is 7.92. The van der Waals surface area contributed by atoms with Crippen molar-refractivity contribution in [2.75, 3.05) is 46.4 Å². The Hall–Kier alpha value is -2.35. The van der Waals surface area contributed by atoms with Crippen LogP contribution in [-0.2, 0) is 10.0 Å². The van der Waals surface area contributed by atoms with Gasteiger partial charge in [-0.3, -0.25) is 0 Å². The molecule has 28 heavy (non-hydrogen) atoms. The molecule has 0 atom stereocenters. The van der Waals surface area contributed by atoms with Crippen molar-refractivity contribution in [3.8, 4) is 11.5 Å². The summed E-state index contributed by atoms with van der Waals surface area (Å²) >= 11 is 0. The number of rotatable bonds is 8. The monoisotopic (exact) mass is 403 g/mol. The van der Waals surface area contributed by atoms with Crippen LogP contribution >= 0.6 is 0 Å². The van der Waals surface area contributed by atoms with E-state index in [1.165, 1.54) is 10.3 Å². The first-order valence-corrected chi connectivity index (χ1v) is 10.9. The zero-order valence-electron chi connectivity index (χ0n) is 16.1. The molecule has 1 aliphatic rings. The third-order valence-corrected chi connectivity index (χ3v) is 6.37. The van der Waals surface area contributed by atoms with Crippen molar-refractivity contribution >= 4 is 16.1 Å². The van der Waals surface area contributed by atoms with E-state index in [1.807, 2.05) is 54.6 Å². The van der Waals surface area contributed by atoms with Crippen LogP contribution < -0.4 is 14.4 Å². The quantitative estimate of drug-likeness (QED) is 0.721. The van der Waals surface area contributed by atoms with E-state index in [1.54, 1.807) is 17.5 Å². The average Bonchev–Trinajstić information content (AvgIpc) is 2.74. The Morgan fingerprint density at radius 1 is 1.00 bits per heavy atom. The number of hydrogen-bond donors (Lipinski definition) is 1. The molecule has 0 aromatic heterocycles. The van der Waals surface area contributed by atoms with E-state index < -0.39 is 10.0 Å². The Morgan fingerprint density at radius 3 is 2.29 bits per heavy atom. The number of hydrogen-bond acceptors (Lipinski definition) is 4. The van der Waals surface area contributed by atoms with Crippen LogP contribution in [0.2, 0.25) is 0 Å². The number of benzene rings is 2. The molecule has 0 amide bonds. The minimum Gasteiger partial charge on any atom is -0.497 e. The molecule has 0 radical (unpaired) electrons. The maximum absolute atomic E-state index is 12.5. The Kier molecular flexibility index (Phi) is 7.08. The summed E-state index contributed by atoms with van der Waals surface area (Å²) < 4.78 is 37.5. The molecule has 0 bridgehead atoms. The Balaban J connectivity index is 1.42. The second-order valence-electron chi connectivity index (χ2n) is 6.68. The van der Waals surface area contributed by atoms with Crippen LogP contribution in [-0.4, -0.2) is 59.2 Å². The van der Waals surface area contributed by atoms with Crippen molar-refractivity contribution in [2.45, 2.75) is 0 Å². The Labute approximate surface area is 167 Å². The molecule has 7 heteroatoms. The summed E-state index contributed by atoms with van der Waals surface area (Å²) in [5.74, 6) is 1.61. The lowest BCUT2D eigenvalue weighted by molar-refractivity contribution is -0.903. The molecule has 1 heterocycles. The third kappa shape index (κ3) is 5.82. The second-order valence-corrected chi connectivity index (χ2v) is 8.50. The van der Waals surface area contributed by atoms with E-state index in [0.717, 1.165) is 36.7 Å². The molecule has 1 aliphatic heterocycles. The molecule has 1 saturated heterocycles. The average molecular weight is 404 g/mol. The smallest absolute Gasteiger partial charge is 0.236 e. The van der Waals surface area contributed by atoms with Crippen LogP contribution in [0.15, 0.2) is 60.0 Å². The highest BCUT2D eigenvalue weighted by Gasteiger charge is 2.27. The van der Waals surface area contributed by atoms with Gasteiger partial charge >= 0.3 is 0 Å². The molecule has 2 aromatic carbocycles. The fourth-order valence-electron chi connectivity index (χ4n) is 3.11. The molecule has 1 N–H and O–H groups in total. The predicted octanol–water partition coefficient (Wildman–Crippen LogP) is 1.28. The standard InChI is InChI=1S/C21H26N2O4S/c1-26-20-7-9-21(10-8-20)27-17-16-22-12-14-23(15-13-22)28(24,25)18-11-19-5-3-2-4-6-19/h2-11,18H,12-17H2,1H3/p+1/b18-11+. The third-order valence-electron chi connectivity index (χ3n) is 4.81. The van der Waals surface area contributed by atoms with Crippen LogP contribution in [0.1, 0.15) is 5.56 Å².